The molecule has 7 heteroatoms. The molecule has 3 aromatic carbocycles. The van der Waals surface area contributed by atoms with Crippen molar-refractivity contribution in [3.63, 3.8) is 0 Å². The monoisotopic (exact) mass is 419 g/mol. The fourth-order valence-corrected chi connectivity index (χ4v) is 2.79. The molecule has 1 N–H and O–H groups in total. The van der Waals surface area contributed by atoms with E-state index < -0.39 is 17.6 Å². The summed E-state index contributed by atoms with van der Waals surface area (Å²) in [5.74, 6) is 0.0247. The number of hydrogen-bond donors (Lipinski definition) is 1. The van der Waals surface area contributed by atoms with Gasteiger partial charge in [0.05, 0.1) is 22.9 Å². The van der Waals surface area contributed by atoms with Gasteiger partial charge in [0.1, 0.15) is 5.75 Å². The van der Waals surface area contributed by atoms with Gasteiger partial charge in [-0.25, -0.2) is 0 Å². The molecule has 3 nitrogen and oxygen atoms in total. The minimum atomic E-state index is -4.52. The van der Waals surface area contributed by atoms with Crippen molar-refractivity contribution >= 4 is 23.2 Å². The van der Waals surface area contributed by atoms with Crippen molar-refractivity contribution in [3.8, 4) is 5.75 Å². The molecule has 0 aliphatic rings. The van der Waals surface area contributed by atoms with Crippen molar-refractivity contribution < 1.29 is 22.7 Å². The van der Waals surface area contributed by atoms with Gasteiger partial charge in [-0.05, 0) is 48.0 Å². The Morgan fingerprint density at radius 2 is 1.66 bits per heavy atom. The highest BCUT2D eigenvalue weighted by atomic mass is 35.5. The third-order valence-electron chi connectivity index (χ3n) is 4.16. The number of anilines is 1. The Bertz CT molecular complexity index is 974. The number of benzene rings is 3. The molecule has 0 fully saturated rings. The van der Waals surface area contributed by atoms with Crippen molar-refractivity contribution in [1.82, 2.24) is 0 Å². The molecule has 0 aromatic heterocycles. The summed E-state index contributed by atoms with van der Waals surface area (Å²) in [6.07, 6.45) is -3.78. The zero-order valence-corrected chi connectivity index (χ0v) is 15.9. The second kappa shape index (κ2) is 9.01. The van der Waals surface area contributed by atoms with Gasteiger partial charge in [-0.15, -0.1) is 0 Å². The summed E-state index contributed by atoms with van der Waals surface area (Å²) >= 11 is 5.91. The standard InChI is InChI=1S/C22H17ClF3NO2/c23-19-11-8-17(22(24,25)26)14-20(19)27-21(28)16-6-9-18(10-7-16)29-13-12-15-4-2-1-3-5-15/h1-11,14H,12-13H2,(H,27,28). The molecular weight excluding hydrogens is 403 g/mol. The van der Waals surface area contributed by atoms with Crippen LogP contribution >= 0.6 is 11.6 Å². The molecule has 0 atom stereocenters. The van der Waals surface area contributed by atoms with Crippen molar-refractivity contribution in [3.05, 3.63) is 94.5 Å². The number of rotatable bonds is 6. The normalized spacial score (nSPS) is 11.2. The van der Waals surface area contributed by atoms with Crippen LogP contribution in [0.5, 0.6) is 5.75 Å². The Morgan fingerprint density at radius 3 is 2.31 bits per heavy atom. The third kappa shape index (κ3) is 5.74. The molecule has 1 amide bonds. The van der Waals surface area contributed by atoms with Crippen LogP contribution in [0.2, 0.25) is 5.02 Å². The molecule has 3 rings (SSSR count). The first kappa shape index (κ1) is 20.7. The number of carbonyl (C=O) groups is 1. The molecule has 0 saturated heterocycles. The molecule has 0 spiro atoms. The van der Waals surface area contributed by atoms with Gasteiger partial charge in [-0.3, -0.25) is 4.79 Å². The SMILES string of the molecule is O=C(Nc1cc(C(F)(F)F)ccc1Cl)c1ccc(OCCc2ccccc2)cc1. The van der Waals surface area contributed by atoms with Crippen molar-refractivity contribution in [2.75, 3.05) is 11.9 Å². The number of amides is 1. The number of carbonyl (C=O) groups excluding carboxylic acids is 1. The first-order chi connectivity index (χ1) is 13.8. The van der Waals surface area contributed by atoms with E-state index in [0.717, 1.165) is 30.2 Å². The van der Waals surface area contributed by atoms with Crippen molar-refractivity contribution in [1.29, 1.82) is 0 Å². The molecule has 3 aromatic rings. The van der Waals surface area contributed by atoms with E-state index in [4.69, 9.17) is 16.3 Å². The van der Waals surface area contributed by atoms with E-state index in [0.29, 0.717) is 12.4 Å². The second-order valence-corrected chi connectivity index (χ2v) is 6.66. The van der Waals surface area contributed by atoms with Gasteiger partial charge in [0.15, 0.2) is 0 Å². The average molecular weight is 420 g/mol. The number of hydrogen-bond acceptors (Lipinski definition) is 2. The Labute approximate surface area is 171 Å². The zero-order chi connectivity index (χ0) is 20.9. The van der Waals surface area contributed by atoms with Crippen molar-refractivity contribution in [2.45, 2.75) is 12.6 Å². The fourth-order valence-electron chi connectivity index (χ4n) is 2.63. The van der Waals surface area contributed by atoms with E-state index >= 15 is 0 Å². The molecule has 0 unspecified atom stereocenters. The predicted molar refractivity (Wildman–Crippen MR) is 106 cm³/mol. The molecule has 0 saturated carbocycles. The van der Waals surface area contributed by atoms with Crippen molar-refractivity contribution in [2.24, 2.45) is 0 Å². The summed E-state index contributed by atoms with van der Waals surface area (Å²) in [6, 6.07) is 19.0. The van der Waals surface area contributed by atoms with Crippen LogP contribution in [-0.4, -0.2) is 12.5 Å². The smallest absolute Gasteiger partial charge is 0.416 e. The van der Waals surface area contributed by atoms with Crippen LogP contribution in [-0.2, 0) is 12.6 Å². The van der Waals surface area contributed by atoms with Crippen LogP contribution in [0, 0.1) is 0 Å². The summed E-state index contributed by atoms with van der Waals surface area (Å²) < 4.78 is 44.2. The van der Waals surface area contributed by atoms with Crippen LogP contribution in [0.25, 0.3) is 0 Å². The number of nitrogens with one attached hydrogen (secondary N) is 1. The maximum atomic E-state index is 12.8. The quantitative estimate of drug-likeness (QED) is 0.514. The number of halogens is 4. The predicted octanol–water partition coefficient (Wildman–Crippen LogP) is 6.23. The van der Waals surface area contributed by atoms with Crippen LogP contribution in [0.15, 0.2) is 72.8 Å². The second-order valence-electron chi connectivity index (χ2n) is 6.25. The van der Waals surface area contributed by atoms with Crippen LogP contribution in [0.3, 0.4) is 0 Å². The third-order valence-corrected chi connectivity index (χ3v) is 4.49. The van der Waals surface area contributed by atoms with Crippen LogP contribution in [0.1, 0.15) is 21.5 Å². The van der Waals surface area contributed by atoms with E-state index in [9.17, 15) is 18.0 Å². The zero-order valence-electron chi connectivity index (χ0n) is 15.2. The summed E-state index contributed by atoms with van der Waals surface area (Å²) in [5.41, 5.74) is 0.435. The highest BCUT2D eigenvalue weighted by Crippen LogP contribution is 2.34. The minimum absolute atomic E-state index is 0.0206. The van der Waals surface area contributed by atoms with E-state index in [1.54, 1.807) is 12.1 Å². The first-order valence-electron chi connectivity index (χ1n) is 8.78. The Balaban J connectivity index is 1.60. The maximum absolute atomic E-state index is 12.8. The van der Waals surface area contributed by atoms with Gasteiger partial charge < -0.3 is 10.1 Å². The summed E-state index contributed by atoms with van der Waals surface area (Å²) in [5, 5.41) is 2.43. The van der Waals surface area contributed by atoms with E-state index in [-0.39, 0.29) is 16.3 Å². The molecular formula is C22H17ClF3NO2. The molecule has 0 bridgehead atoms. The van der Waals surface area contributed by atoms with E-state index in [1.165, 1.54) is 12.1 Å². The van der Waals surface area contributed by atoms with Crippen LogP contribution in [0.4, 0.5) is 18.9 Å². The van der Waals surface area contributed by atoms with Gasteiger partial charge >= 0.3 is 6.18 Å². The minimum Gasteiger partial charge on any atom is -0.493 e. The molecule has 0 heterocycles. The van der Waals surface area contributed by atoms with Gasteiger partial charge in [0.2, 0.25) is 0 Å². The lowest BCUT2D eigenvalue weighted by atomic mass is 10.1. The Hall–Kier alpha value is -2.99. The Kier molecular flexibility index (Phi) is 6.44. The molecule has 0 radical (unpaired) electrons. The van der Waals surface area contributed by atoms with E-state index in [2.05, 4.69) is 5.32 Å². The average Bonchev–Trinajstić information content (AvgIpc) is 2.70. The molecule has 0 aliphatic carbocycles. The lowest BCUT2D eigenvalue weighted by Crippen LogP contribution is -2.13. The topological polar surface area (TPSA) is 38.3 Å². The summed E-state index contributed by atoms with van der Waals surface area (Å²) in [6.45, 7) is 0.482. The summed E-state index contributed by atoms with van der Waals surface area (Å²) in [7, 11) is 0. The Morgan fingerprint density at radius 1 is 0.966 bits per heavy atom. The molecule has 29 heavy (non-hydrogen) atoms. The fraction of sp³-hybridized carbons (Fsp3) is 0.136. The van der Waals surface area contributed by atoms with Crippen LogP contribution < -0.4 is 10.1 Å². The first-order valence-corrected chi connectivity index (χ1v) is 9.15. The lowest BCUT2D eigenvalue weighted by Gasteiger charge is -2.12. The molecule has 150 valence electrons. The van der Waals surface area contributed by atoms with Gasteiger partial charge in [-0.2, -0.15) is 13.2 Å². The van der Waals surface area contributed by atoms with Gasteiger partial charge in [0.25, 0.3) is 5.91 Å². The molecule has 0 aliphatic heterocycles. The van der Waals surface area contributed by atoms with E-state index in [1.807, 2.05) is 30.3 Å². The largest absolute Gasteiger partial charge is 0.493 e. The lowest BCUT2D eigenvalue weighted by molar-refractivity contribution is -0.137. The highest BCUT2D eigenvalue weighted by Gasteiger charge is 2.31. The highest BCUT2D eigenvalue weighted by molar-refractivity contribution is 6.34. The number of alkyl halides is 3. The summed E-state index contributed by atoms with van der Waals surface area (Å²) in [4.78, 5) is 12.3. The van der Waals surface area contributed by atoms with Gasteiger partial charge in [-0.1, -0.05) is 41.9 Å². The van der Waals surface area contributed by atoms with Gasteiger partial charge in [0, 0.05) is 12.0 Å². The number of ether oxygens (including phenoxy) is 1. The maximum Gasteiger partial charge on any atom is 0.416 e.